The molecule has 19 heavy (non-hydrogen) atoms. The van der Waals surface area contributed by atoms with E-state index in [1.54, 1.807) is 0 Å². The Labute approximate surface area is 123 Å². The Morgan fingerprint density at radius 2 is 2.16 bits per heavy atom. The fourth-order valence-corrected chi connectivity index (χ4v) is 4.43. The highest BCUT2D eigenvalue weighted by atomic mass is 79.9. The van der Waals surface area contributed by atoms with Crippen LogP contribution in [0.4, 0.5) is 5.69 Å². The maximum atomic E-state index is 9.48. The normalized spacial score (nSPS) is 28.9. The van der Waals surface area contributed by atoms with Crippen LogP contribution in [-0.4, -0.2) is 18.7 Å². The van der Waals surface area contributed by atoms with E-state index >= 15 is 0 Å². The molecule has 3 rings (SSSR count). The van der Waals surface area contributed by atoms with Crippen LogP contribution < -0.4 is 4.90 Å². The van der Waals surface area contributed by atoms with Crippen molar-refractivity contribution in [3.63, 3.8) is 0 Å². The first-order chi connectivity index (χ1) is 9.17. The van der Waals surface area contributed by atoms with Gasteiger partial charge in [0.2, 0.25) is 0 Å². The molecule has 0 amide bonds. The van der Waals surface area contributed by atoms with Crippen molar-refractivity contribution in [2.75, 3.05) is 18.5 Å². The SMILES string of the molecule is CN(CC1CC2CCC1C2)c1cc(Br)ccc1CO. The molecule has 0 saturated heterocycles. The summed E-state index contributed by atoms with van der Waals surface area (Å²) in [6.07, 6.45) is 5.78. The molecule has 2 bridgehead atoms. The lowest BCUT2D eigenvalue weighted by Crippen LogP contribution is -2.29. The summed E-state index contributed by atoms with van der Waals surface area (Å²) in [7, 11) is 2.16. The van der Waals surface area contributed by atoms with Gasteiger partial charge >= 0.3 is 0 Å². The molecule has 0 aromatic heterocycles. The lowest BCUT2D eigenvalue weighted by atomic mass is 9.88. The Hall–Kier alpha value is -0.540. The second kappa shape index (κ2) is 5.45. The van der Waals surface area contributed by atoms with Crippen LogP contribution in [0.3, 0.4) is 0 Å². The van der Waals surface area contributed by atoms with Crippen molar-refractivity contribution in [1.29, 1.82) is 0 Å². The molecule has 2 saturated carbocycles. The highest BCUT2D eigenvalue weighted by Crippen LogP contribution is 2.48. The fourth-order valence-electron chi connectivity index (χ4n) is 4.08. The van der Waals surface area contributed by atoms with Gasteiger partial charge in [-0.05, 0) is 49.1 Å². The molecule has 2 fully saturated rings. The molecule has 3 unspecified atom stereocenters. The monoisotopic (exact) mass is 323 g/mol. The predicted molar refractivity (Wildman–Crippen MR) is 82.3 cm³/mol. The van der Waals surface area contributed by atoms with Crippen molar-refractivity contribution in [1.82, 2.24) is 0 Å². The number of rotatable bonds is 4. The maximum absolute atomic E-state index is 9.48. The fraction of sp³-hybridized carbons (Fsp3) is 0.625. The number of anilines is 1. The Morgan fingerprint density at radius 3 is 2.79 bits per heavy atom. The third kappa shape index (κ3) is 2.68. The van der Waals surface area contributed by atoms with Gasteiger partial charge in [-0.1, -0.05) is 28.4 Å². The summed E-state index contributed by atoms with van der Waals surface area (Å²) in [5.74, 6) is 2.81. The Morgan fingerprint density at radius 1 is 1.32 bits per heavy atom. The second-order valence-corrected chi connectivity index (χ2v) is 7.16. The summed E-state index contributed by atoms with van der Waals surface area (Å²) in [5, 5.41) is 9.48. The van der Waals surface area contributed by atoms with Crippen LogP contribution in [0, 0.1) is 17.8 Å². The third-order valence-electron chi connectivity index (χ3n) is 5.02. The van der Waals surface area contributed by atoms with Crippen LogP contribution in [-0.2, 0) is 6.61 Å². The first kappa shape index (κ1) is 13.4. The number of fused-ring (bicyclic) bond motifs is 2. The van der Waals surface area contributed by atoms with E-state index in [1.807, 2.05) is 12.1 Å². The molecular weight excluding hydrogens is 302 g/mol. The first-order valence-electron chi connectivity index (χ1n) is 7.27. The van der Waals surface area contributed by atoms with Crippen molar-refractivity contribution in [3.8, 4) is 0 Å². The zero-order valence-corrected chi connectivity index (χ0v) is 13.1. The van der Waals surface area contributed by atoms with Gasteiger partial charge in [0.1, 0.15) is 0 Å². The number of hydrogen-bond donors (Lipinski definition) is 1. The van der Waals surface area contributed by atoms with Gasteiger partial charge in [0, 0.05) is 29.3 Å². The zero-order valence-electron chi connectivity index (χ0n) is 11.5. The summed E-state index contributed by atoms with van der Waals surface area (Å²) < 4.78 is 1.08. The molecule has 2 aliphatic carbocycles. The van der Waals surface area contributed by atoms with E-state index in [4.69, 9.17) is 0 Å². The average Bonchev–Trinajstić information content (AvgIpc) is 3.01. The van der Waals surface area contributed by atoms with Crippen LogP contribution in [0.5, 0.6) is 0 Å². The molecule has 0 aliphatic heterocycles. The van der Waals surface area contributed by atoms with Gasteiger partial charge in [-0.2, -0.15) is 0 Å². The highest BCUT2D eigenvalue weighted by Gasteiger charge is 2.39. The van der Waals surface area contributed by atoms with E-state index in [1.165, 1.54) is 31.4 Å². The molecule has 0 heterocycles. The second-order valence-electron chi connectivity index (χ2n) is 6.25. The zero-order chi connectivity index (χ0) is 13.4. The maximum Gasteiger partial charge on any atom is 0.0702 e. The smallest absolute Gasteiger partial charge is 0.0702 e. The molecule has 3 atom stereocenters. The molecule has 1 aromatic rings. The summed E-state index contributed by atoms with van der Waals surface area (Å²) in [5.41, 5.74) is 2.19. The van der Waals surface area contributed by atoms with Gasteiger partial charge in [-0.3, -0.25) is 0 Å². The minimum atomic E-state index is 0.115. The van der Waals surface area contributed by atoms with E-state index in [0.29, 0.717) is 0 Å². The molecular formula is C16H22BrNO. The summed E-state index contributed by atoms with van der Waals surface area (Å²) in [6, 6.07) is 6.13. The predicted octanol–water partition coefficient (Wildman–Crippen LogP) is 3.81. The average molecular weight is 324 g/mol. The van der Waals surface area contributed by atoms with Crippen molar-refractivity contribution in [2.45, 2.75) is 32.3 Å². The Kier molecular flexibility index (Phi) is 3.86. The van der Waals surface area contributed by atoms with Crippen molar-refractivity contribution in [2.24, 2.45) is 17.8 Å². The van der Waals surface area contributed by atoms with Crippen LogP contribution >= 0.6 is 15.9 Å². The number of benzene rings is 1. The molecule has 1 N–H and O–H groups in total. The lowest BCUT2D eigenvalue weighted by molar-refractivity contribution is 0.281. The summed E-state index contributed by atoms with van der Waals surface area (Å²) >= 11 is 3.53. The van der Waals surface area contributed by atoms with Gasteiger partial charge in [-0.15, -0.1) is 0 Å². The highest BCUT2D eigenvalue weighted by molar-refractivity contribution is 9.10. The van der Waals surface area contributed by atoms with Crippen molar-refractivity contribution in [3.05, 3.63) is 28.2 Å². The number of aliphatic hydroxyl groups excluding tert-OH is 1. The minimum absolute atomic E-state index is 0.115. The molecule has 2 nitrogen and oxygen atoms in total. The summed E-state index contributed by atoms with van der Waals surface area (Å²) in [6.45, 7) is 1.24. The summed E-state index contributed by atoms with van der Waals surface area (Å²) in [4.78, 5) is 2.34. The van der Waals surface area contributed by atoms with E-state index in [-0.39, 0.29) is 6.61 Å². The van der Waals surface area contributed by atoms with Crippen LogP contribution in [0.25, 0.3) is 0 Å². The van der Waals surface area contributed by atoms with Gasteiger partial charge in [0.25, 0.3) is 0 Å². The van der Waals surface area contributed by atoms with Crippen LogP contribution in [0.15, 0.2) is 22.7 Å². The van der Waals surface area contributed by atoms with Crippen LogP contribution in [0.2, 0.25) is 0 Å². The van der Waals surface area contributed by atoms with Gasteiger partial charge in [0.05, 0.1) is 6.61 Å². The van der Waals surface area contributed by atoms with Crippen molar-refractivity contribution < 1.29 is 5.11 Å². The van der Waals surface area contributed by atoms with E-state index in [0.717, 1.165) is 34.3 Å². The Bertz CT molecular complexity index is 462. The number of nitrogens with zero attached hydrogens (tertiary/aromatic N) is 1. The molecule has 0 radical (unpaired) electrons. The molecule has 104 valence electrons. The van der Waals surface area contributed by atoms with Gasteiger partial charge in [-0.25, -0.2) is 0 Å². The topological polar surface area (TPSA) is 23.5 Å². The van der Waals surface area contributed by atoms with Crippen LogP contribution in [0.1, 0.15) is 31.2 Å². The van der Waals surface area contributed by atoms with Gasteiger partial charge in [0.15, 0.2) is 0 Å². The third-order valence-corrected chi connectivity index (χ3v) is 5.52. The first-order valence-corrected chi connectivity index (χ1v) is 8.07. The molecule has 0 spiro atoms. The van der Waals surface area contributed by atoms with E-state index in [9.17, 15) is 5.11 Å². The lowest BCUT2D eigenvalue weighted by Gasteiger charge is -2.29. The Balaban J connectivity index is 1.73. The number of hydrogen-bond acceptors (Lipinski definition) is 2. The number of halogens is 1. The quantitative estimate of drug-likeness (QED) is 0.910. The largest absolute Gasteiger partial charge is 0.392 e. The van der Waals surface area contributed by atoms with E-state index in [2.05, 4.69) is 33.9 Å². The molecule has 1 aromatic carbocycles. The van der Waals surface area contributed by atoms with E-state index < -0.39 is 0 Å². The van der Waals surface area contributed by atoms with Gasteiger partial charge < -0.3 is 10.0 Å². The molecule has 3 heteroatoms. The number of aliphatic hydroxyl groups is 1. The standard InChI is InChI=1S/C16H22BrNO/c1-18(9-14-7-11-2-3-12(14)6-11)16-8-15(17)5-4-13(16)10-19/h4-5,8,11-12,14,19H,2-3,6-7,9-10H2,1H3. The minimum Gasteiger partial charge on any atom is -0.392 e. The molecule has 2 aliphatic rings. The van der Waals surface area contributed by atoms with Crippen molar-refractivity contribution >= 4 is 21.6 Å².